The van der Waals surface area contributed by atoms with E-state index in [0.29, 0.717) is 29.6 Å². The number of fused-ring (bicyclic) bond motifs is 1. The maximum absolute atomic E-state index is 12.8. The summed E-state index contributed by atoms with van der Waals surface area (Å²) >= 11 is 5.89. The lowest BCUT2D eigenvalue weighted by atomic mass is 10.3. The Morgan fingerprint density at radius 3 is 2.41 bits per heavy atom. The number of hydrogen-bond donors (Lipinski definition) is 0. The quantitative estimate of drug-likeness (QED) is 0.648. The molecule has 1 fully saturated rings. The van der Waals surface area contributed by atoms with Crippen LogP contribution in [-0.4, -0.2) is 75.9 Å². The van der Waals surface area contributed by atoms with Crippen LogP contribution in [0.2, 0.25) is 5.02 Å². The predicted molar refractivity (Wildman–Crippen MR) is 112 cm³/mol. The van der Waals surface area contributed by atoms with Gasteiger partial charge in [-0.2, -0.15) is 0 Å². The SMILES string of the molecule is CCC(=O)[O-].CN1CCN(C(=O)OC2c3nccnc3C(=O)N2c2ccc(Cl)cn2)CC1. The summed E-state index contributed by atoms with van der Waals surface area (Å²) in [4.78, 5) is 52.3. The van der Waals surface area contributed by atoms with Crippen LogP contribution in [0.25, 0.3) is 0 Å². The molecule has 12 heteroatoms. The summed E-state index contributed by atoms with van der Waals surface area (Å²) in [6.07, 6.45) is 2.89. The van der Waals surface area contributed by atoms with Gasteiger partial charge in [-0.1, -0.05) is 18.5 Å². The van der Waals surface area contributed by atoms with Crippen molar-refractivity contribution >= 4 is 35.4 Å². The first-order valence-corrected chi connectivity index (χ1v) is 10.3. The summed E-state index contributed by atoms with van der Waals surface area (Å²) < 4.78 is 5.68. The monoisotopic (exact) mass is 461 g/mol. The second kappa shape index (κ2) is 10.3. The van der Waals surface area contributed by atoms with E-state index in [-0.39, 0.29) is 12.1 Å². The summed E-state index contributed by atoms with van der Waals surface area (Å²) in [6, 6.07) is 3.20. The Balaban J connectivity index is 0.000000523. The molecule has 2 aromatic heterocycles. The largest absolute Gasteiger partial charge is 0.550 e. The predicted octanol–water partition coefficient (Wildman–Crippen LogP) is 0.714. The van der Waals surface area contributed by atoms with Crippen LogP contribution in [-0.2, 0) is 9.53 Å². The number of halogens is 1. The highest BCUT2D eigenvalue weighted by molar-refractivity contribution is 6.30. The topological polar surface area (TPSA) is 132 Å². The number of carboxylic acids is 1. The molecular formula is C20H22ClN6O5-. The Labute approximate surface area is 189 Å². The highest BCUT2D eigenvalue weighted by Crippen LogP contribution is 2.35. The number of pyridine rings is 1. The van der Waals surface area contributed by atoms with Crippen molar-refractivity contribution in [1.29, 1.82) is 0 Å². The maximum atomic E-state index is 12.8. The number of hydrogen-bond acceptors (Lipinski definition) is 9. The van der Waals surface area contributed by atoms with E-state index in [1.165, 1.54) is 30.4 Å². The molecule has 2 aliphatic rings. The van der Waals surface area contributed by atoms with Crippen molar-refractivity contribution in [2.24, 2.45) is 0 Å². The number of rotatable bonds is 3. The van der Waals surface area contributed by atoms with Crippen LogP contribution in [0.3, 0.4) is 0 Å². The fraction of sp³-hybridized carbons (Fsp3) is 0.400. The lowest BCUT2D eigenvalue weighted by molar-refractivity contribution is -0.305. The number of aromatic nitrogens is 3. The number of carboxylic acid groups (broad SMARTS) is 1. The Hall–Kier alpha value is -3.31. The van der Waals surface area contributed by atoms with Crippen molar-refractivity contribution < 1.29 is 24.2 Å². The van der Waals surface area contributed by atoms with Gasteiger partial charge in [-0.15, -0.1) is 0 Å². The standard InChI is InChI=1S/C17H17ClN6O3.C3H6O2/c1-22-6-8-23(9-7-22)17(26)27-16-14-13(19-4-5-20-14)15(25)24(16)12-3-2-11(18)10-21-12;1-2-3(4)5/h2-5,10,16H,6-9H2,1H3;2H2,1H3,(H,4,5)/p-1. The molecule has 2 aromatic rings. The minimum atomic E-state index is -1.03. The van der Waals surface area contributed by atoms with Gasteiger partial charge in [-0.25, -0.2) is 19.7 Å². The first-order chi connectivity index (χ1) is 15.3. The number of piperazine rings is 1. The van der Waals surface area contributed by atoms with Crippen LogP contribution in [0.1, 0.15) is 35.8 Å². The molecule has 4 rings (SSSR count). The summed E-state index contributed by atoms with van der Waals surface area (Å²) in [6.45, 7) is 4.18. The minimum absolute atomic E-state index is 0.111. The summed E-state index contributed by atoms with van der Waals surface area (Å²) in [5, 5.41) is 9.69. The van der Waals surface area contributed by atoms with Crippen molar-refractivity contribution in [3.8, 4) is 0 Å². The summed E-state index contributed by atoms with van der Waals surface area (Å²) in [5.41, 5.74) is 0.437. The fourth-order valence-corrected chi connectivity index (χ4v) is 3.15. The van der Waals surface area contributed by atoms with E-state index in [1.807, 2.05) is 7.05 Å². The zero-order valence-corrected chi connectivity index (χ0v) is 18.4. The van der Waals surface area contributed by atoms with Gasteiger partial charge in [0.25, 0.3) is 5.91 Å². The average molecular weight is 462 g/mol. The second-order valence-electron chi connectivity index (χ2n) is 7.05. The van der Waals surface area contributed by atoms with E-state index in [0.717, 1.165) is 13.1 Å². The Morgan fingerprint density at radius 1 is 1.16 bits per heavy atom. The number of aliphatic carboxylic acids is 1. The first kappa shape index (κ1) is 23.4. The minimum Gasteiger partial charge on any atom is -0.550 e. The lowest BCUT2D eigenvalue weighted by Gasteiger charge is -2.33. The smallest absolute Gasteiger partial charge is 0.412 e. The number of carbonyl (C=O) groups is 3. The third kappa shape index (κ3) is 5.29. The van der Waals surface area contributed by atoms with Gasteiger partial charge in [0.1, 0.15) is 11.5 Å². The molecule has 0 N–H and O–H groups in total. The maximum Gasteiger partial charge on any atom is 0.412 e. The van der Waals surface area contributed by atoms with E-state index >= 15 is 0 Å². The van der Waals surface area contributed by atoms with Gasteiger partial charge in [-0.3, -0.25) is 9.78 Å². The van der Waals surface area contributed by atoms with Gasteiger partial charge < -0.3 is 24.4 Å². The van der Waals surface area contributed by atoms with E-state index in [2.05, 4.69) is 19.9 Å². The normalized spacial score (nSPS) is 18.0. The molecule has 2 aliphatic heterocycles. The molecule has 1 saturated heterocycles. The van der Waals surface area contributed by atoms with E-state index in [1.54, 1.807) is 17.0 Å². The van der Waals surface area contributed by atoms with Crippen LogP contribution < -0.4 is 10.0 Å². The molecule has 4 heterocycles. The van der Waals surface area contributed by atoms with Gasteiger partial charge in [-0.05, 0) is 25.6 Å². The van der Waals surface area contributed by atoms with Crippen LogP contribution in [0, 0.1) is 0 Å². The van der Waals surface area contributed by atoms with Crippen molar-refractivity contribution in [1.82, 2.24) is 24.8 Å². The van der Waals surface area contributed by atoms with E-state index in [4.69, 9.17) is 16.3 Å². The number of nitrogens with zero attached hydrogens (tertiary/aromatic N) is 6. The zero-order chi connectivity index (χ0) is 23.3. The van der Waals surface area contributed by atoms with Crippen molar-refractivity contribution in [3.63, 3.8) is 0 Å². The van der Waals surface area contributed by atoms with Gasteiger partial charge in [0.15, 0.2) is 5.69 Å². The van der Waals surface area contributed by atoms with Crippen LogP contribution >= 0.6 is 11.6 Å². The molecule has 170 valence electrons. The van der Waals surface area contributed by atoms with Gasteiger partial charge in [0.2, 0.25) is 6.23 Å². The van der Waals surface area contributed by atoms with Crippen molar-refractivity contribution in [3.05, 3.63) is 47.1 Å². The zero-order valence-electron chi connectivity index (χ0n) is 17.6. The molecule has 32 heavy (non-hydrogen) atoms. The molecule has 1 unspecified atom stereocenters. The molecule has 11 nitrogen and oxygen atoms in total. The second-order valence-corrected chi connectivity index (χ2v) is 7.49. The first-order valence-electron chi connectivity index (χ1n) is 9.91. The molecule has 1 atom stereocenters. The van der Waals surface area contributed by atoms with Gasteiger partial charge in [0.05, 0.1) is 5.02 Å². The lowest BCUT2D eigenvalue weighted by Crippen LogP contribution is -2.48. The van der Waals surface area contributed by atoms with Crippen LogP contribution in [0.15, 0.2) is 30.7 Å². The molecule has 0 saturated carbocycles. The molecule has 0 radical (unpaired) electrons. The Kier molecular flexibility index (Phi) is 7.54. The van der Waals surface area contributed by atoms with Crippen molar-refractivity contribution in [2.45, 2.75) is 19.6 Å². The highest BCUT2D eigenvalue weighted by Gasteiger charge is 2.44. The molecule has 0 spiro atoms. The fourth-order valence-electron chi connectivity index (χ4n) is 3.04. The number of amides is 2. The van der Waals surface area contributed by atoms with E-state index < -0.39 is 24.2 Å². The molecule has 2 amide bonds. The van der Waals surface area contributed by atoms with Crippen molar-refractivity contribution in [2.75, 3.05) is 38.1 Å². The van der Waals surface area contributed by atoms with Gasteiger partial charge >= 0.3 is 6.09 Å². The number of carbonyl (C=O) groups excluding carboxylic acids is 3. The average Bonchev–Trinajstić information content (AvgIpc) is 3.07. The van der Waals surface area contributed by atoms with Crippen LogP contribution in [0.5, 0.6) is 0 Å². The van der Waals surface area contributed by atoms with E-state index in [9.17, 15) is 19.5 Å². The number of anilines is 1. The molecule has 0 aliphatic carbocycles. The third-order valence-corrected chi connectivity index (χ3v) is 5.06. The summed E-state index contributed by atoms with van der Waals surface area (Å²) in [7, 11) is 2.00. The van der Waals surface area contributed by atoms with Gasteiger partial charge in [0, 0.05) is 50.7 Å². The van der Waals surface area contributed by atoms with Crippen LogP contribution in [0.4, 0.5) is 10.6 Å². The molecule has 0 bridgehead atoms. The highest BCUT2D eigenvalue weighted by atomic mass is 35.5. The Morgan fingerprint density at radius 2 is 1.81 bits per heavy atom. The number of likely N-dealkylation sites (N-methyl/N-ethyl adjacent to an activating group) is 1. The third-order valence-electron chi connectivity index (χ3n) is 4.84. The summed E-state index contributed by atoms with van der Waals surface area (Å²) in [5.74, 6) is -1.12. The Bertz CT molecular complexity index is 981. The number of ether oxygens (including phenoxy) is 1. The molecule has 0 aromatic carbocycles. The molecular weight excluding hydrogens is 440 g/mol.